The molecule has 1 atom stereocenters. The number of nitrogens with zero attached hydrogens (tertiary/aromatic N) is 2. The molecule has 8 heteroatoms. The van der Waals surface area contributed by atoms with E-state index in [0.29, 0.717) is 29.1 Å². The first-order valence-corrected chi connectivity index (χ1v) is 9.29. The van der Waals surface area contributed by atoms with Crippen LogP contribution in [0.4, 0.5) is 0 Å². The van der Waals surface area contributed by atoms with Crippen molar-refractivity contribution in [2.24, 2.45) is 0 Å². The van der Waals surface area contributed by atoms with Crippen molar-refractivity contribution in [1.29, 1.82) is 0 Å². The number of hydrogen-bond acceptors (Lipinski definition) is 6. The minimum absolute atomic E-state index is 0.0348. The van der Waals surface area contributed by atoms with Crippen LogP contribution in [0.25, 0.3) is 4.96 Å². The smallest absolute Gasteiger partial charge is 0.258 e. The first kappa shape index (κ1) is 15.5. The van der Waals surface area contributed by atoms with Gasteiger partial charge in [-0.15, -0.1) is 23.1 Å². The van der Waals surface area contributed by atoms with Crippen molar-refractivity contribution < 1.29 is 4.79 Å². The summed E-state index contributed by atoms with van der Waals surface area (Å²) in [6, 6.07) is 1.95. The molecule has 2 N–H and O–H groups in total. The SMILES string of the molecule is O=C(CSCc1cc(=O)n2ccsc2n1)NCC1CCCN1. The van der Waals surface area contributed by atoms with E-state index in [9.17, 15) is 9.59 Å². The van der Waals surface area contributed by atoms with Gasteiger partial charge < -0.3 is 10.6 Å². The molecule has 1 unspecified atom stereocenters. The Morgan fingerprint density at radius 1 is 1.59 bits per heavy atom. The van der Waals surface area contributed by atoms with Crippen LogP contribution in [0.15, 0.2) is 22.4 Å². The number of thioether (sulfide) groups is 1. The van der Waals surface area contributed by atoms with E-state index >= 15 is 0 Å². The predicted molar refractivity (Wildman–Crippen MR) is 89.5 cm³/mol. The maximum absolute atomic E-state index is 11.8. The van der Waals surface area contributed by atoms with E-state index in [2.05, 4.69) is 15.6 Å². The number of carbonyl (C=O) groups excluding carboxylic acids is 1. The van der Waals surface area contributed by atoms with E-state index in [1.54, 1.807) is 6.20 Å². The van der Waals surface area contributed by atoms with Crippen LogP contribution >= 0.6 is 23.1 Å². The molecular formula is C14H18N4O2S2. The molecule has 0 radical (unpaired) electrons. The zero-order valence-corrected chi connectivity index (χ0v) is 13.7. The van der Waals surface area contributed by atoms with Crippen LogP contribution in [-0.4, -0.2) is 40.2 Å². The third kappa shape index (κ3) is 3.88. The number of aromatic nitrogens is 2. The lowest BCUT2D eigenvalue weighted by atomic mass is 10.2. The Balaban J connectivity index is 1.45. The lowest BCUT2D eigenvalue weighted by Crippen LogP contribution is -2.37. The highest BCUT2D eigenvalue weighted by molar-refractivity contribution is 7.99. The zero-order valence-electron chi connectivity index (χ0n) is 12.1. The third-order valence-corrected chi connectivity index (χ3v) is 5.27. The second-order valence-electron chi connectivity index (χ2n) is 5.23. The molecule has 1 amide bonds. The zero-order chi connectivity index (χ0) is 15.4. The lowest BCUT2D eigenvalue weighted by Gasteiger charge is -2.11. The molecular weight excluding hydrogens is 320 g/mol. The summed E-state index contributed by atoms with van der Waals surface area (Å²) in [6.45, 7) is 1.74. The fourth-order valence-corrected chi connectivity index (χ4v) is 3.91. The number of nitrogens with one attached hydrogen (secondary N) is 2. The third-order valence-electron chi connectivity index (χ3n) is 3.55. The van der Waals surface area contributed by atoms with Crippen molar-refractivity contribution in [2.75, 3.05) is 18.8 Å². The molecule has 0 spiro atoms. The van der Waals surface area contributed by atoms with Gasteiger partial charge in [-0.3, -0.25) is 14.0 Å². The molecule has 0 aliphatic carbocycles. The molecule has 1 saturated heterocycles. The number of amides is 1. The molecule has 0 saturated carbocycles. The number of rotatable bonds is 6. The minimum atomic E-state index is -0.0707. The van der Waals surface area contributed by atoms with Crippen LogP contribution in [0.5, 0.6) is 0 Å². The van der Waals surface area contributed by atoms with E-state index in [4.69, 9.17) is 0 Å². The average Bonchev–Trinajstić information content (AvgIpc) is 3.16. The highest BCUT2D eigenvalue weighted by Crippen LogP contribution is 2.12. The molecule has 1 fully saturated rings. The quantitative estimate of drug-likeness (QED) is 0.817. The summed E-state index contributed by atoms with van der Waals surface area (Å²) in [7, 11) is 0. The van der Waals surface area contributed by atoms with Crippen LogP contribution in [0.3, 0.4) is 0 Å². The normalized spacial score (nSPS) is 17.9. The topological polar surface area (TPSA) is 75.5 Å². The number of fused-ring (bicyclic) bond motifs is 1. The Morgan fingerprint density at radius 3 is 3.32 bits per heavy atom. The average molecular weight is 338 g/mol. The lowest BCUT2D eigenvalue weighted by molar-refractivity contribution is -0.118. The van der Waals surface area contributed by atoms with Crippen LogP contribution in [0.1, 0.15) is 18.5 Å². The summed E-state index contributed by atoms with van der Waals surface area (Å²) in [5.74, 6) is 0.990. The van der Waals surface area contributed by atoms with E-state index in [0.717, 1.165) is 18.7 Å². The van der Waals surface area contributed by atoms with Gasteiger partial charge in [0, 0.05) is 36.0 Å². The van der Waals surface area contributed by atoms with Crippen molar-refractivity contribution >= 4 is 34.0 Å². The fourth-order valence-electron chi connectivity index (χ4n) is 2.43. The van der Waals surface area contributed by atoms with Gasteiger partial charge in [-0.25, -0.2) is 4.98 Å². The van der Waals surface area contributed by atoms with E-state index in [1.165, 1.54) is 40.0 Å². The summed E-state index contributed by atoms with van der Waals surface area (Å²) in [5, 5.41) is 8.13. The van der Waals surface area contributed by atoms with Gasteiger partial charge in [0.2, 0.25) is 5.91 Å². The number of thiazole rings is 1. The Bertz CT molecular complexity index is 706. The largest absolute Gasteiger partial charge is 0.354 e. The molecule has 3 rings (SSSR count). The van der Waals surface area contributed by atoms with Crippen molar-refractivity contribution in [2.45, 2.75) is 24.6 Å². The van der Waals surface area contributed by atoms with Gasteiger partial charge in [0.25, 0.3) is 5.56 Å². The van der Waals surface area contributed by atoms with Gasteiger partial charge >= 0.3 is 0 Å². The van der Waals surface area contributed by atoms with E-state index < -0.39 is 0 Å². The second kappa shape index (κ2) is 7.26. The van der Waals surface area contributed by atoms with Gasteiger partial charge in [0.15, 0.2) is 4.96 Å². The molecule has 1 aliphatic heterocycles. The summed E-state index contributed by atoms with van der Waals surface area (Å²) >= 11 is 2.91. The van der Waals surface area contributed by atoms with Crippen molar-refractivity contribution in [1.82, 2.24) is 20.0 Å². The number of carbonyl (C=O) groups is 1. The summed E-state index contributed by atoms with van der Waals surface area (Å²) < 4.78 is 1.53. The van der Waals surface area contributed by atoms with Crippen LogP contribution in [0.2, 0.25) is 0 Å². The summed E-state index contributed by atoms with van der Waals surface area (Å²) in [5.41, 5.74) is 0.654. The molecule has 2 aromatic rings. The fraction of sp³-hybridized carbons (Fsp3) is 0.500. The molecule has 22 heavy (non-hydrogen) atoms. The Morgan fingerprint density at radius 2 is 2.50 bits per heavy atom. The van der Waals surface area contributed by atoms with Crippen molar-refractivity contribution in [3.8, 4) is 0 Å². The van der Waals surface area contributed by atoms with Gasteiger partial charge in [0.05, 0.1) is 11.4 Å². The first-order valence-electron chi connectivity index (χ1n) is 7.26. The van der Waals surface area contributed by atoms with Gasteiger partial charge in [-0.1, -0.05) is 0 Å². The molecule has 1 aliphatic rings. The highest BCUT2D eigenvalue weighted by Gasteiger charge is 2.14. The minimum Gasteiger partial charge on any atom is -0.354 e. The molecule has 0 bridgehead atoms. The predicted octanol–water partition coefficient (Wildman–Crippen LogP) is 0.857. The molecule has 6 nitrogen and oxygen atoms in total. The van der Waals surface area contributed by atoms with E-state index in [-0.39, 0.29) is 11.5 Å². The maximum Gasteiger partial charge on any atom is 0.258 e. The van der Waals surface area contributed by atoms with Crippen molar-refractivity contribution in [3.05, 3.63) is 33.7 Å². The van der Waals surface area contributed by atoms with Gasteiger partial charge in [-0.05, 0) is 19.4 Å². The van der Waals surface area contributed by atoms with Gasteiger partial charge in [-0.2, -0.15) is 0 Å². The second-order valence-corrected chi connectivity index (χ2v) is 7.09. The van der Waals surface area contributed by atoms with Gasteiger partial charge in [0.1, 0.15) is 0 Å². The monoisotopic (exact) mass is 338 g/mol. The molecule has 118 valence electrons. The summed E-state index contributed by atoms with van der Waals surface area (Å²) in [4.78, 5) is 28.7. The Hall–Kier alpha value is -1.38. The van der Waals surface area contributed by atoms with Crippen LogP contribution < -0.4 is 16.2 Å². The highest BCUT2D eigenvalue weighted by atomic mass is 32.2. The Kier molecular flexibility index (Phi) is 5.12. The molecule has 0 aromatic carbocycles. The molecule has 3 heterocycles. The van der Waals surface area contributed by atoms with Crippen molar-refractivity contribution in [3.63, 3.8) is 0 Å². The summed E-state index contributed by atoms with van der Waals surface area (Å²) in [6.07, 6.45) is 4.03. The maximum atomic E-state index is 11.8. The molecule has 2 aromatic heterocycles. The Labute approximate surface area is 136 Å². The van der Waals surface area contributed by atoms with Crippen LogP contribution in [-0.2, 0) is 10.5 Å². The van der Waals surface area contributed by atoms with Crippen LogP contribution in [0, 0.1) is 0 Å². The first-order chi connectivity index (χ1) is 10.7. The standard InChI is InChI=1S/C14H18N4O2S2/c19-12(16-7-10-2-1-3-15-10)9-21-8-11-6-13(20)18-4-5-22-14(18)17-11/h4-6,10,15H,1-3,7-9H2,(H,16,19). The van der Waals surface area contributed by atoms with E-state index in [1.807, 2.05) is 5.38 Å². The number of hydrogen-bond donors (Lipinski definition) is 2.